The minimum Gasteiger partial charge on any atom is -0.261 e. The summed E-state index contributed by atoms with van der Waals surface area (Å²) in [6, 6.07) is 19.1. The molecule has 1 N–H and O–H groups in total. The standard InChI is InChI=1S/C18H18N2O2S2/c21-24(22,18-10-6-12-23-18)20-14-16(15-7-2-1-3-8-15)13-17-9-4-5-11-19-17/h1-12,16,20H,13-14H2. The van der Waals surface area contributed by atoms with Crippen molar-refractivity contribution < 1.29 is 8.42 Å². The Bertz CT molecular complexity index is 849. The van der Waals surface area contributed by atoms with E-state index in [-0.39, 0.29) is 5.92 Å². The second-order valence-corrected chi connectivity index (χ2v) is 8.36. The second kappa shape index (κ2) is 7.70. The van der Waals surface area contributed by atoms with E-state index in [0.29, 0.717) is 17.2 Å². The van der Waals surface area contributed by atoms with Gasteiger partial charge >= 0.3 is 0 Å². The first kappa shape index (κ1) is 16.8. The van der Waals surface area contributed by atoms with Gasteiger partial charge in [-0.1, -0.05) is 42.5 Å². The Kier molecular flexibility index (Phi) is 5.40. The molecule has 0 aliphatic carbocycles. The van der Waals surface area contributed by atoms with Crippen molar-refractivity contribution in [2.45, 2.75) is 16.5 Å². The van der Waals surface area contributed by atoms with E-state index in [1.807, 2.05) is 48.5 Å². The number of pyridine rings is 1. The van der Waals surface area contributed by atoms with Gasteiger partial charge in [0.15, 0.2) is 0 Å². The highest BCUT2D eigenvalue weighted by atomic mass is 32.2. The van der Waals surface area contributed by atoms with Gasteiger partial charge in [0, 0.05) is 24.4 Å². The monoisotopic (exact) mass is 358 g/mol. The van der Waals surface area contributed by atoms with Gasteiger partial charge in [0.25, 0.3) is 0 Å². The number of sulfonamides is 1. The Labute approximate surface area is 146 Å². The molecule has 6 heteroatoms. The zero-order chi connectivity index (χ0) is 16.8. The molecule has 0 fully saturated rings. The Hall–Kier alpha value is -2.02. The van der Waals surface area contributed by atoms with Crippen LogP contribution < -0.4 is 4.72 Å². The van der Waals surface area contributed by atoms with Crippen LogP contribution in [0.1, 0.15) is 17.2 Å². The van der Waals surface area contributed by atoms with Crippen LogP contribution in [0.4, 0.5) is 0 Å². The van der Waals surface area contributed by atoms with Crippen LogP contribution in [0.5, 0.6) is 0 Å². The summed E-state index contributed by atoms with van der Waals surface area (Å²) in [5, 5.41) is 1.76. The number of nitrogens with one attached hydrogen (secondary N) is 1. The van der Waals surface area contributed by atoms with Crippen LogP contribution >= 0.6 is 11.3 Å². The molecule has 0 spiro atoms. The number of benzene rings is 1. The summed E-state index contributed by atoms with van der Waals surface area (Å²) >= 11 is 1.22. The van der Waals surface area contributed by atoms with Gasteiger partial charge in [-0.3, -0.25) is 4.98 Å². The maximum atomic E-state index is 12.4. The van der Waals surface area contributed by atoms with Crippen LogP contribution in [0, 0.1) is 0 Å². The molecule has 4 nitrogen and oxygen atoms in total. The third kappa shape index (κ3) is 4.29. The van der Waals surface area contributed by atoms with E-state index in [1.165, 1.54) is 11.3 Å². The summed E-state index contributed by atoms with van der Waals surface area (Å²) in [5.74, 6) is 0.0239. The molecule has 2 heterocycles. The lowest BCUT2D eigenvalue weighted by Crippen LogP contribution is -2.29. The fourth-order valence-electron chi connectivity index (χ4n) is 2.50. The largest absolute Gasteiger partial charge is 0.261 e. The summed E-state index contributed by atoms with van der Waals surface area (Å²) in [6.07, 6.45) is 2.44. The van der Waals surface area contributed by atoms with Gasteiger partial charge in [-0.2, -0.15) is 0 Å². The lowest BCUT2D eigenvalue weighted by molar-refractivity contribution is 0.569. The van der Waals surface area contributed by atoms with Crippen LogP contribution in [0.15, 0.2) is 76.4 Å². The van der Waals surface area contributed by atoms with Gasteiger partial charge in [0.05, 0.1) is 0 Å². The van der Waals surface area contributed by atoms with Crippen molar-refractivity contribution in [3.8, 4) is 0 Å². The second-order valence-electron chi connectivity index (χ2n) is 5.42. The van der Waals surface area contributed by atoms with Gasteiger partial charge < -0.3 is 0 Å². The maximum absolute atomic E-state index is 12.4. The predicted molar refractivity (Wildman–Crippen MR) is 96.6 cm³/mol. The number of aromatic nitrogens is 1. The van der Waals surface area contributed by atoms with E-state index in [0.717, 1.165) is 11.3 Å². The van der Waals surface area contributed by atoms with Crippen LogP contribution in [0.25, 0.3) is 0 Å². The molecule has 3 rings (SSSR count). The molecular formula is C18H18N2O2S2. The predicted octanol–water partition coefficient (Wildman–Crippen LogP) is 3.45. The molecular weight excluding hydrogens is 340 g/mol. The van der Waals surface area contributed by atoms with Gasteiger partial charge in [-0.25, -0.2) is 13.1 Å². The minimum absolute atomic E-state index is 0.0239. The van der Waals surface area contributed by atoms with E-state index >= 15 is 0 Å². The van der Waals surface area contributed by atoms with E-state index in [9.17, 15) is 8.42 Å². The maximum Gasteiger partial charge on any atom is 0.250 e. The topological polar surface area (TPSA) is 59.1 Å². The molecule has 1 atom stereocenters. The molecule has 2 aromatic heterocycles. The van der Waals surface area contributed by atoms with E-state index in [4.69, 9.17) is 0 Å². The summed E-state index contributed by atoms with van der Waals surface area (Å²) < 4.78 is 27.8. The number of hydrogen-bond acceptors (Lipinski definition) is 4. The average molecular weight is 358 g/mol. The minimum atomic E-state index is -3.46. The highest BCUT2D eigenvalue weighted by molar-refractivity contribution is 7.91. The number of hydrogen-bond donors (Lipinski definition) is 1. The number of rotatable bonds is 7. The third-order valence-corrected chi connectivity index (χ3v) is 6.55. The highest BCUT2D eigenvalue weighted by Crippen LogP contribution is 2.21. The fraction of sp³-hybridized carbons (Fsp3) is 0.167. The van der Waals surface area contributed by atoms with Crippen LogP contribution in [0.3, 0.4) is 0 Å². The molecule has 1 unspecified atom stereocenters. The van der Waals surface area contributed by atoms with E-state index in [2.05, 4.69) is 9.71 Å². The van der Waals surface area contributed by atoms with Crippen LogP contribution in [0.2, 0.25) is 0 Å². The normalized spacial score (nSPS) is 12.8. The SMILES string of the molecule is O=S(=O)(NCC(Cc1ccccn1)c1ccccc1)c1cccs1. The Morgan fingerprint density at radius 3 is 2.46 bits per heavy atom. The van der Waals surface area contributed by atoms with Crippen molar-refractivity contribution in [1.29, 1.82) is 0 Å². The van der Waals surface area contributed by atoms with Crippen molar-refractivity contribution in [2.24, 2.45) is 0 Å². The van der Waals surface area contributed by atoms with Gasteiger partial charge in [-0.15, -0.1) is 11.3 Å². The van der Waals surface area contributed by atoms with Crippen molar-refractivity contribution >= 4 is 21.4 Å². The lowest BCUT2D eigenvalue weighted by Gasteiger charge is -2.17. The quantitative estimate of drug-likeness (QED) is 0.704. The third-order valence-electron chi connectivity index (χ3n) is 3.73. The number of nitrogens with zero attached hydrogens (tertiary/aromatic N) is 1. The molecule has 0 bridgehead atoms. The fourth-order valence-corrected chi connectivity index (χ4v) is 4.62. The van der Waals surface area contributed by atoms with Crippen molar-refractivity contribution in [3.63, 3.8) is 0 Å². The smallest absolute Gasteiger partial charge is 0.250 e. The summed E-state index contributed by atoms with van der Waals surface area (Å²) in [7, 11) is -3.46. The van der Waals surface area contributed by atoms with E-state index in [1.54, 1.807) is 23.7 Å². The average Bonchev–Trinajstić information content (AvgIpc) is 3.16. The van der Waals surface area contributed by atoms with Crippen molar-refractivity contribution in [2.75, 3.05) is 6.54 Å². The van der Waals surface area contributed by atoms with Crippen molar-refractivity contribution in [3.05, 3.63) is 83.5 Å². The number of thiophene rings is 1. The molecule has 0 amide bonds. The first-order chi connectivity index (χ1) is 11.6. The zero-order valence-electron chi connectivity index (χ0n) is 13.0. The van der Waals surface area contributed by atoms with Crippen LogP contribution in [-0.4, -0.2) is 19.9 Å². The molecule has 0 aliphatic rings. The molecule has 124 valence electrons. The Balaban J connectivity index is 1.78. The Morgan fingerprint density at radius 2 is 1.79 bits per heavy atom. The molecule has 0 saturated heterocycles. The van der Waals surface area contributed by atoms with Gasteiger partial charge in [-0.05, 0) is 35.6 Å². The summed E-state index contributed by atoms with van der Waals surface area (Å²) in [6.45, 7) is 0.334. The molecule has 0 saturated carbocycles. The Morgan fingerprint density at radius 1 is 1.00 bits per heavy atom. The molecule has 0 radical (unpaired) electrons. The highest BCUT2D eigenvalue weighted by Gasteiger charge is 2.19. The zero-order valence-corrected chi connectivity index (χ0v) is 14.6. The first-order valence-electron chi connectivity index (χ1n) is 7.63. The summed E-state index contributed by atoms with van der Waals surface area (Å²) in [5.41, 5.74) is 2.04. The molecule has 0 aliphatic heterocycles. The molecule has 1 aromatic carbocycles. The van der Waals surface area contributed by atoms with E-state index < -0.39 is 10.0 Å². The first-order valence-corrected chi connectivity index (χ1v) is 9.99. The molecule has 24 heavy (non-hydrogen) atoms. The van der Waals surface area contributed by atoms with Crippen LogP contribution in [-0.2, 0) is 16.4 Å². The lowest BCUT2D eigenvalue weighted by atomic mass is 9.94. The molecule has 3 aromatic rings. The van der Waals surface area contributed by atoms with Crippen molar-refractivity contribution in [1.82, 2.24) is 9.71 Å². The van der Waals surface area contributed by atoms with Gasteiger partial charge in [0.2, 0.25) is 10.0 Å². The van der Waals surface area contributed by atoms with Gasteiger partial charge in [0.1, 0.15) is 4.21 Å². The summed E-state index contributed by atoms with van der Waals surface area (Å²) in [4.78, 5) is 4.36.